The molecule has 1 fully saturated rings. The van der Waals surface area contributed by atoms with Crippen molar-refractivity contribution in [2.75, 3.05) is 12.8 Å². The molecule has 1 aliphatic heterocycles. The number of nitrogens with one attached hydrogen (secondary N) is 1. The van der Waals surface area contributed by atoms with Crippen LogP contribution in [-0.4, -0.2) is 34.5 Å². The summed E-state index contributed by atoms with van der Waals surface area (Å²) in [6.45, 7) is 5.62. The number of hydrogen-bond acceptors (Lipinski definition) is 4. The van der Waals surface area contributed by atoms with Crippen molar-refractivity contribution < 1.29 is 0 Å². The first kappa shape index (κ1) is 14.6. The van der Waals surface area contributed by atoms with Gasteiger partial charge in [-0.3, -0.25) is 4.99 Å². The van der Waals surface area contributed by atoms with Gasteiger partial charge in [-0.1, -0.05) is 25.6 Å². The van der Waals surface area contributed by atoms with Gasteiger partial charge in [0.2, 0.25) is 0 Å². The number of hydrogen-bond donors (Lipinski definition) is 1. The predicted octanol–water partition coefficient (Wildman–Crippen LogP) is 3.77. The summed E-state index contributed by atoms with van der Waals surface area (Å²) in [7, 11) is 0. The summed E-state index contributed by atoms with van der Waals surface area (Å²) in [5, 5.41) is 6.50. The molecule has 1 heterocycles. The fraction of sp³-hybridized carbons (Fsp3) is 0.929. The van der Waals surface area contributed by atoms with Gasteiger partial charge in [-0.2, -0.15) is 11.8 Å². The van der Waals surface area contributed by atoms with E-state index in [0.29, 0.717) is 6.04 Å². The molecule has 0 aromatic heterocycles. The lowest BCUT2D eigenvalue weighted by molar-refractivity contribution is 0.423. The van der Waals surface area contributed by atoms with E-state index in [1.54, 1.807) is 0 Å². The SMILES string of the molecule is CSC1CCC(NC2=NCC(CC(C)C)S2)CC1. The molecule has 0 aromatic carbocycles. The molecule has 104 valence electrons. The Labute approximate surface area is 120 Å². The lowest BCUT2D eigenvalue weighted by Crippen LogP contribution is -2.36. The number of amidine groups is 1. The fourth-order valence-electron chi connectivity index (χ4n) is 2.76. The minimum absolute atomic E-state index is 0.678. The van der Waals surface area contributed by atoms with Gasteiger partial charge >= 0.3 is 0 Å². The van der Waals surface area contributed by atoms with Crippen LogP contribution < -0.4 is 5.32 Å². The quantitative estimate of drug-likeness (QED) is 0.851. The third kappa shape index (κ3) is 4.37. The second kappa shape index (κ2) is 7.09. The van der Waals surface area contributed by atoms with E-state index >= 15 is 0 Å². The summed E-state index contributed by atoms with van der Waals surface area (Å²) in [5.41, 5.74) is 0. The number of nitrogens with zero attached hydrogens (tertiary/aromatic N) is 1. The highest BCUT2D eigenvalue weighted by molar-refractivity contribution is 8.14. The van der Waals surface area contributed by atoms with E-state index in [0.717, 1.165) is 23.0 Å². The van der Waals surface area contributed by atoms with Gasteiger partial charge in [0.25, 0.3) is 0 Å². The van der Waals surface area contributed by atoms with E-state index in [9.17, 15) is 0 Å². The van der Waals surface area contributed by atoms with Gasteiger partial charge in [-0.15, -0.1) is 0 Å². The second-order valence-electron chi connectivity index (χ2n) is 5.87. The molecule has 0 bridgehead atoms. The molecule has 1 saturated carbocycles. The first-order valence-corrected chi connectivity index (χ1v) is 9.34. The zero-order valence-electron chi connectivity index (χ0n) is 11.8. The Balaban J connectivity index is 1.69. The highest BCUT2D eigenvalue weighted by Crippen LogP contribution is 2.29. The molecule has 2 nitrogen and oxygen atoms in total. The maximum Gasteiger partial charge on any atom is 0.157 e. The maximum absolute atomic E-state index is 4.67. The van der Waals surface area contributed by atoms with E-state index in [-0.39, 0.29) is 0 Å². The van der Waals surface area contributed by atoms with Gasteiger partial charge in [0, 0.05) is 16.5 Å². The fourth-order valence-corrected chi connectivity index (χ4v) is 4.84. The van der Waals surface area contributed by atoms with Crippen molar-refractivity contribution in [3.8, 4) is 0 Å². The highest BCUT2D eigenvalue weighted by atomic mass is 32.2. The van der Waals surface area contributed by atoms with Crippen LogP contribution in [-0.2, 0) is 0 Å². The molecule has 2 aliphatic rings. The Kier molecular flexibility index (Phi) is 5.74. The predicted molar refractivity (Wildman–Crippen MR) is 85.8 cm³/mol. The van der Waals surface area contributed by atoms with Crippen LogP contribution in [0.2, 0.25) is 0 Å². The Morgan fingerprint density at radius 1 is 1.33 bits per heavy atom. The van der Waals surface area contributed by atoms with Crippen molar-refractivity contribution in [3.05, 3.63) is 0 Å². The molecule has 1 atom stereocenters. The van der Waals surface area contributed by atoms with Crippen molar-refractivity contribution in [2.24, 2.45) is 10.9 Å². The molecule has 1 unspecified atom stereocenters. The topological polar surface area (TPSA) is 24.4 Å². The summed E-state index contributed by atoms with van der Waals surface area (Å²) >= 11 is 4.01. The lowest BCUT2D eigenvalue weighted by Gasteiger charge is -2.28. The normalized spacial score (nSPS) is 32.7. The number of aliphatic imine (C=N–C) groups is 1. The van der Waals surface area contributed by atoms with Crippen LogP contribution in [0, 0.1) is 5.92 Å². The van der Waals surface area contributed by atoms with E-state index < -0.39 is 0 Å². The van der Waals surface area contributed by atoms with Gasteiger partial charge in [0.15, 0.2) is 5.17 Å². The van der Waals surface area contributed by atoms with Crippen LogP contribution in [0.1, 0.15) is 46.0 Å². The van der Waals surface area contributed by atoms with Crippen molar-refractivity contribution in [1.29, 1.82) is 0 Å². The summed E-state index contributed by atoms with van der Waals surface area (Å²) in [4.78, 5) is 4.67. The molecule has 0 saturated heterocycles. The van der Waals surface area contributed by atoms with E-state index in [1.165, 1.54) is 37.3 Å². The number of rotatable bonds is 4. The van der Waals surface area contributed by atoms with Crippen molar-refractivity contribution in [3.63, 3.8) is 0 Å². The van der Waals surface area contributed by atoms with Crippen LogP contribution in [0.3, 0.4) is 0 Å². The van der Waals surface area contributed by atoms with Crippen molar-refractivity contribution in [1.82, 2.24) is 5.32 Å². The summed E-state index contributed by atoms with van der Waals surface area (Å²) in [5.74, 6) is 0.786. The Hall–Kier alpha value is 0.170. The van der Waals surface area contributed by atoms with E-state index in [4.69, 9.17) is 0 Å². The smallest absolute Gasteiger partial charge is 0.157 e. The van der Waals surface area contributed by atoms with Crippen LogP contribution in [0.25, 0.3) is 0 Å². The molecular weight excluding hydrogens is 260 g/mol. The Morgan fingerprint density at radius 3 is 2.67 bits per heavy atom. The largest absolute Gasteiger partial charge is 0.362 e. The van der Waals surface area contributed by atoms with Crippen LogP contribution in [0.15, 0.2) is 4.99 Å². The molecule has 0 amide bonds. The van der Waals surface area contributed by atoms with Gasteiger partial charge < -0.3 is 5.32 Å². The monoisotopic (exact) mass is 286 g/mol. The van der Waals surface area contributed by atoms with Crippen molar-refractivity contribution >= 4 is 28.7 Å². The molecule has 2 rings (SSSR count). The molecule has 0 spiro atoms. The molecule has 0 radical (unpaired) electrons. The molecule has 0 aromatic rings. The molecule has 1 aliphatic carbocycles. The van der Waals surface area contributed by atoms with Gasteiger partial charge in [0.1, 0.15) is 0 Å². The standard InChI is InChI=1S/C14H26N2S2/c1-10(2)8-13-9-15-14(18-13)16-11-4-6-12(17-3)7-5-11/h10-13H,4-9H2,1-3H3,(H,15,16). The van der Waals surface area contributed by atoms with E-state index in [2.05, 4.69) is 30.4 Å². The third-order valence-corrected chi connectivity index (χ3v) is 6.07. The summed E-state index contributed by atoms with van der Waals surface area (Å²) < 4.78 is 0. The summed E-state index contributed by atoms with van der Waals surface area (Å²) in [6.07, 6.45) is 8.91. The average Bonchev–Trinajstić information content (AvgIpc) is 2.76. The maximum atomic E-state index is 4.67. The third-order valence-electron chi connectivity index (χ3n) is 3.79. The van der Waals surface area contributed by atoms with Crippen LogP contribution >= 0.6 is 23.5 Å². The second-order valence-corrected chi connectivity index (χ2v) is 8.30. The molecule has 1 N–H and O–H groups in total. The van der Waals surface area contributed by atoms with Crippen LogP contribution in [0.4, 0.5) is 0 Å². The molecular formula is C14H26N2S2. The van der Waals surface area contributed by atoms with Gasteiger partial charge in [-0.25, -0.2) is 0 Å². The van der Waals surface area contributed by atoms with Gasteiger partial charge in [0.05, 0.1) is 6.54 Å². The average molecular weight is 287 g/mol. The zero-order valence-corrected chi connectivity index (χ0v) is 13.4. The lowest BCUT2D eigenvalue weighted by atomic mass is 9.95. The number of thioether (sulfide) groups is 2. The summed E-state index contributed by atoms with van der Waals surface area (Å²) in [6, 6.07) is 0.678. The first-order chi connectivity index (χ1) is 8.67. The first-order valence-electron chi connectivity index (χ1n) is 7.17. The Bertz CT molecular complexity index is 284. The van der Waals surface area contributed by atoms with Crippen molar-refractivity contribution in [2.45, 2.75) is 62.5 Å². The minimum atomic E-state index is 0.678. The minimum Gasteiger partial charge on any atom is -0.362 e. The van der Waals surface area contributed by atoms with Gasteiger partial charge in [-0.05, 0) is 44.3 Å². The molecule has 18 heavy (non-hydrogen) atoms. The van der Waals surface area contributed by atoms with E-state index in [1.807, 2.05) is 23.5 Å². The highest BCUT2D eigenvalue weighted by Gasteiger charge is 2.25. The molecule has 4 heteroatoms. The zero-order chi connectivity index (χ0) is 13.0. The Morgan fingerprint density at radius 2 is 2.06 bits per heavy atom. The van der Waals surface area contributed by atoms with Crippen LogP contribution in [0.5, 0.6) is 0 Å².